The third kappa shape index (κ3) is 4.47. The van der Waals surface area contributed by atoms with E-state index >= 15 is 0 Å². The van der Waals surface area contributed by atoms with Gasteiger partial charge in [0, 0.05) is 0 Å². The summed E-state index contributed by atoms with van der Waals surface area (Å²) >= 11 is 0. The molecule has 0 amide bonds. The summed E-state index contributed by atoms with van der Waals surface area (Å²) in [5.41, 5.74) is -1.94. The number of hydrogen-bond donors (Lipinski definition) is 2. The third-order valence-corrected chi connectivity index (χ3v) is 3.05. The van der Waals surface area contributed by atoms with E-state index < -0.39 is 70.6 Å². The molecule has 0 aliphatic carbocycles. The SMILES string of the molecule is O=C(O)c1coc(C(=O)OC(=O)c2coc(C(=O)OC(=O)c3nc(C(=O)O)co3)n2)n1. The minimum atomic E-state index is -1.51. The number of oxazole rings is 3. The Labute approximate surface area is 167 Å². The molecule has 0 aliphatic rings. The lowest BCUT2D eigenvalue weighted by Gasteiger charge is -1.96. The molecule has 0 radical (unpaired) electrons. The first-order valence-electron chi connectivity index (χ1n) is 7.52. The lowest BCUT2D eigenvalue weighted by atomic mass is 10.5. The Morgan fingerprint density at radius 2 is 0.903 bits per heavy atom. The second kappa shape index (κ2) is 8.07. The van der Waals surface area contributed by atoms with E-state index in [1.165, 1.54) is 0 Å². The molecule has 3 rings (SSSR count). The number of esters is 4. The summed E-state index contributed by atoms with van der Waals surface area (Å²) in [4.78, 5) is 78.3. The van der Waals surface area contributed by atoms with E-state index in [1.807, 2.05) is 0 Å². The number of aromatic carboxylic acids is 2. The highest BCUT2D eigenvalue weighted by molar-refractivity contribution is 6.02. The molecule has 31 heavy (non-hydrogen) atoms. The molecule has 0 fully saturated rings. The predicted molar refractivity (Wildman–Crippen MR) is 82.9 cm³/mol. The molecule has 0 spiro atoms. The van der Waals surface area contributed by atoms with Gasteiger partial charge in [0.25, 0.3) is 0 Å². The fourth-order valence-corrected chi connectivity index (χ4v) is 1.74. The van der Waals surface area contributed by atoms with Crippen molar-refractivity contribution in [2.75, 3.05) is 0 Å². The van der Waals surface area contributed by atoms with Crippen molar-refractivity contribution in [2.45, 2.75) is 0 Å². The predicted octanol–water partition coefficient (Wildman–Crippen LogP) is 0.0414. The van der Waals surface area contributed by atoms with Gasteiger partial charge < -0.3 is 32.9 Å². The molecule has 0 saturated carbocycles. The van der Waals surface area contributed by atoms with Crippen molar-refractivity contribution < 1.29 is 61.7 Å². The average Bonchev–Trinajstić information content (AvgIpc) is 3.48. The highest BCUT2D eigenvalue weighted by Gasteiger charge is 2.28. The maximum Gasteiger partial charge on any atom is 0.402 e. The minimum Gasteiger partial charge on any atom is -0.476 e. The van der Waals surface area contributed by atoms with Crippen molar-refractivity contribution in [1.29, 1.82) is 0 Å². The van der Waals surface area contributed by atoms with Gasteiger partial charge in [-0.3, -0.25) is 0 Å². The number of aromatic nitrogens is 3. The highest BCUT2D eigenvalue weighted by Crippen LogP contribution is 2.10. The number of carboxylic acids is 2. The molecule has 16 heteroatoms. The van der Waals surface area contributed by atoms with Crippen LogP contribution in [0.15, 0.2) is 32.0 Å². The monoisotopic (exact) mass is 435 g/mol. The van der Waals surface area contributed by atoms with E-state index in [4.69, 9.17) is 10.2 Å². The highest BCUT2D eigenvalue weighted by atomic mass is 16.6. The third-order valence-electron chi connectivity index (χ3n) is 3.05. The van der Waals surface area contributed by atoms with Crippen LogP contribution in [0.4, 0.5) is 0 Å². The number of rotatable bonds is 6. The summed E-state index contributed by atoms with van der Waals surface area (Å²) in [6.07, 6.45) is 1.85. The van der Waals surface area contributed by atoms with E-state index in [0.29, 0.717) is 18.8 Å². The largest absolute Gasteiger partial charge is 0.476 e. The van der Waals surface area contributed by atoms with E-state index in [2.05, 4.69) is 37.7 Å². The van der Waals surface area contributed by atoms with Crippen LogP contribution in [0, 0.1) is 0 Å². The molecule has 0 aromatic carbocycles. The van der Waals surface area contributed by atoms with E-state index in [9.17, 15) is 28.8 Å². The van der Waals surface area contributed by atoms with E-state index in [-0.39, 0.29) is 0 Å². The Morgan fingerprint density at radius 1 is 0.581 bits per heavy atom. The van der Waals surface area contributed by atoms with Crippen molar-refractivity contribution >= 4 is 35.8 Å². The molecule has 3 aromatic heterocycles. The second-order valence-corrected chi connectivity index (χ2v) is 5.08. The smallest absolute Gasteiger partial charge is 0.402 e. The van der Waals surface area contributed by atoms with Gasteiger partial charge in [0.2, 0.25) is 0 Å². The minimum absolute atomic E-state index is 0.586. The van der Waals surface area contributed by atoms with Crippen LogP contribution in [0.1, 0.15) is 63.5 Å². The summed E-state index contributed by atoms with van der Waals surface area (Å²) in [5.74, 6) is -11.5. The normalized spacial score (nSPS) is 10.3. The summed E-state index contributed by atoms with van der Waals surface area (Å²) in [5, 5.41) is 17.4. The maximum atomic E-state index is 11.9. The molecular weight excluding hydrogens is 430 g/mol. The Kier molecular flexibility index (Phi) is 5.36. The molecule has 16 nitrogen and oxygen atoms in total. The summed E-state index contributed by atoms with van der Waals surface area (Å²) in [7, 11) is 0. The molecule has 0 aliphatic heterocycles. The van der Waals surface area contributed by atoms with Gasteiger partial charge in [0.15, 0.2) is 17.1 Å². The van der Waals surface area contributed by atoms with Crippen LogP contribution < -0.4 is 0 Å². The summed E-state index contributed by atoms with van der Waals surface area (Å²) in [6.45, 7) is 0. The number of ether oxygens (including phenoxy) is 2. The van der Waals surface area contributed by atoms with Crippen molar-refractivity contribution in [1.82, 2.24) is 15.0 Å². The van der Waals surface area contributed by atoms with Crippen LogP contribution in [0.3, 0.4) is 0 Å². The average molecular weight is 435 g/mol. The fourth-order valence-electron chi connectivity index (χ4n) is 1.74. The molecule has 158 valence electrons. The number of carbonyl (C=O) groups excluding carboxylic acids is 4. The number of carbonyl (C=O) groups is 6. The Morgan fingerprint density at radius 3 is 1.26 bits per heavy atom. The van der Waals surface area contributed by atoms with Gasteiger partial charge in [-0.05, 0) is 0 Å². The molecular formula is C15H5N3O13. The van der Waals surface area contributed by atoms with Gasteiger partial charge in [-0.15, -0.1) is 0 Å². The van der Waals surface area contributed by atoms with E-state index in [1.54, 1.807) is 0 Å². The number of hydrogen-bond acceptors (Lipinski definition) is 14. The molecule has 0 unspecified atom stereocenters. The number of carboxylic acid groups (broad SMARTS) is 2. The lowest BCUT2D eigenvalue weighted by Crippen LogP contribution is -2.16. The van der Waals surface area contributed by atoms with Crippen LogP contribution in [0.2, 0.25) is 0 Å². The van der Waals surface area contributed by atoms with E-state index in [0.717, 1.165) is 0 Å². The zero-order valence-corrected chi connectivity index (χ0v) is 14.5. The standard InChI is InChI=1S/C15H5N3O13/c19-10(20)4-1-27-7(16-4)13(24)30-12(23)6-3-29-9(18-6)15(26)31-14(25)8-17-5(2-28-8)11(21)22/h1-3H,(H,19,20)(H,21,22). The lowest BCUT2D eigenvalue weighted by molar-refractivity contribution is 0.0338. The van der Waals surface area contributed by atoms with Crippen LogP contribution in [0.5, 0.6) is 0 Å². The topological polar surface area (TPSA) is 239 Å². The Bertz CT molecular complexity index is 1140. The Balaban J connectivity index is 1.62. The number of nitrogens with zero attached hydrogens (tertiary/aromatic N) is 3. The first-order chi connectivity index (χ1) is 14.7. The molecule has 0 bridgehead atoms. The van der Waals surface area contributed by atoms with Crippen LogP contribution >= 0.6 is 0 Å². The first-order valence-corrected chi connectivity index (χ1v) is 7.52. The maximum absolute atomic E-state index is 11.9. The van der Waals surface area contributed by atoms with Gasteiger partial charge in [-0.1, -0.05) is 0 Å². The van der Waals surface area contributed by atoms with Gasteiger partial charge in [-0.2, -0.15) is 15.0 Å². The van der Waals surface area contributed by atoms with Gasteiger partial charge in [0.05, 0.1) is 0 Å². The van der Waals surface area contributed by atoms with Crippen LogP contribution in [-0.2, 0) is 9.47 Å². The van der Waals surface area contributed by atoms with Crippen molar-refractivity contribution in [2.24, 2.45) is 0 Å². The molecule has 0 saturated heterocycles. The summed E-state index contributed by atoms with van der Waals surface area (Å²) in [6, 6.07) is 0. The molecule has 3 heterocycles. The molecule has 0 atom stereocenters. The summed E-state index contributed by atoms with van der Waals surface area (Å²) < 4.78 is 22.4. The van der Waals surface area contributed by atoms with Crippen molar-refractivity contribution in [3.05, 3.63) is 53.5 Å². The molecule has 3 aromatic rings. The van der Waals surface area contributed by atoms with Gasteiger partial charge in [-0.25, -0.2) is 28.8 Å². The second-order valence-electron chi connectivity index (χ2n) is 5.08. The van der Waals surface area contributed by atoms with Gasteiger partial charge in [0.1, 0.15) is 18.8 Å². The van der Waals surface area contributed by atoms with Crippen molar-refractivity contribution in [3.8, 4) is 0 Å². The van der Waals surface area contributed by atoms with Crippen molar-refractivity contribution in [3.63, 3.8) is 0 Å². The first kappa shape index (κ1) is 20.6. The fraction of sp³-hybridized carbons (Fsp3) is 0. The zero-order chi connectivity index (χ0) is 22.7. The quantitative estimate of drug-likeness (QED) is 0.383. The van der Waals surface area contributed by atoms with Gasteiger partial charge >= 0.3 is 53.5 Å². The Hall–Kier alpha value is -5.15. The molecule has 2 N–H and O–H groups in total. The van der Waals surface area contributed by atoms with Crippen LogP contribution in [0.25, 0.3) is 0 Å². The zero-order valence-electron chi connectivity index (χ0n) is 14.5. The van der Waals surface area contributed by atoms with Crippen LogP contribution in [-0.4, -0.2) is 61.0 Å².